The predicted molar refractivity (Wildman–Crippen MR) is 91.3 cm³/mol. The van der Waals surface area contributed by atoms with Gasteiger partial charge in [0.15, 0.2) is 5.13 Å². The summed E-state index contributed by atoms with van der Waals surface area (Å²) in [6, 6.07) is 8.32. The second kappa shape index (κ2) is 5.90. The smallest absolute Gasteiger partial charge is 0.188 e. The van der Waals surface area contributed by atoms with Crippen LogP contribution in [0.3, 0.4) is 0 Å². The Kier molecular flexibility index (Phi) is 4.14. The maximum atomic E-state index is 13.2. The third-order valence-electron chi connectivity index (χ3n) is 2.83. The molecule has 0 aliphatic carbocycles. The number of methoxy groups -OCH3 is 1. The first-order valence-electron chi connectivity index (χ1n) is 5.93. The van der Waals surface area contributed by atoms with Gasteiger partial charge in [0.05, 0.1) is 27.5 Å². The number of aromatic nitrogens is 1. The van der Waals surface area contributed by atoms with Crippen molar-refractivity contribution in [1.82, 2.24) is 4.98 Å². The predicted octanol–water partition coefficient (Wildman–Crippen LogP) is 5.71. The zero-order valence-electron chi connectivity index (χ0n) is 10.8. The molecule has 1 N–H and O–H groups in total. The van der Waals surface area contributed by atoms with Gasteiger partial charge in [-0.15, -0.1) is 0 Å². The number of thiazole rings is 1. The molecule has 21 heavy (non-hydrogen) atoms. The highest BCUT2D eigenvalue weighted by Gasteiger charge is 2.10. The van der Waals surface area contributed by atoms with E-state index in [4.69, 9.17) is 4.74 Å². The summed E-state index contributed by atoms with van der Waals surface area (Å²) in [4.78, 5) is 4.44. The van der Waals surface area contributed by atoms with Gasteiger partial charge < -0.3 is 10.1 Å². The number of ether oxygens (including phenoxy) is 1. The Bertz CT molecular complexity index is 822. The number of nitrogens with zero attached hydrogens (tertiary/aromatic N) is 1. The van der Waals surface area contributed by atoms with Crippen LogP contribution in [0.1, 0.15) is 0 Å². The molecule has 0 spiro atoms. The second-order valence-corrected chi connectivity index (χ2v) is 6.96. The van der Waals surface area contributed by atoms with Crippen molar-refractivity contribution in [3.8, 4) is 5.75 Å². The lowest BCUT2D eigenvalue weighted by Crippen LogP contribution is -1.93. The Balaban J connectivity index is 1.98. The molecule has 0 aliphatic heterocycles. The van der Waals surface area contributed by atoms with Gasteiger partial charge in [-0.2, -0.15) is 0 Å². The fourth-order valence-corrected chi connectivity index (χ4v) is 4.01. The van der Waals surface area contributed by atoms with E-state index in [1.54, 1.807) is 13.2 Å². The van der Waals surface area contributed by atoms with Crippen LogP contribution in [-0.4, -0.2) is 12.1 Å². The van der Waals surface area contributed by atoms with Crippen molar-refractivity contribution in [3.05, 3.63) is 45.1 Å². The standard InChI is InChI=1S/C14H9Br2FN2OS/c1-20-12-6-11(8(15)5-9(12)16)19-14-18-10-3-2-7(17)4-13(10)21-14/h2-6H,1H3,(H,18,19). The quantitative estimate of drug-likeness (QED) is 0.576. The zero-order chi connectivity index (χ0) is 15.0. The average Bonchev–Trinajstić information content (AvgIpc) is 2.83. The van der Waals surface area contributed by atoms with Gasteiger partial charge in [-0.25, -0.2) is 9.37 Å². The van der Waals surface area contributed by atoms with Gasteiger partial charge in [0, 0.05) is 10.5 Å². The molecule has 0 radical (unpaired) electrons. The first-order valence-corrected chi connectivity index (χ1v) is 8.33. The highest BCUT2D eigenvalue weighted by atomic mass is 79.9. The molecule has 1 aromatic heterocycles. The molecular formula is C14H9Br2FN2OS. The highest BCUT2D eigenvalue weighted by molar-refractivity contribution is 9.11. The van der Waals surface area contributed by atoms with Crippen LogP contribution in [0.2, 0.25) is 0 Å². The number of nitrogens with one attached hydrogen (secondary N) is 1. The van der Waals surface area contributed by atoms with E-state index in [0.717, 1.165) is 24.8 Å². The number of anilines is 2. The third kappa shape index (κ3) is 3.04. The largest absolute Gasteiger partial charge is 0.495 e. The fourth-order valence-electron chi connectivity index (χ4n) is 1.85. The van der Waals surface area contributed by atoms with Crippen molar-refractivity contribution in [2.24, 2.45) is 0 Å². The molecule has 2 aromatic carbocycles. The van der Waals surface area contributed by atoms with Crippen LogP contribution in [0.15, 0.2) is 39.3 Å². The second-order valence-electron chi connectivity index (χ2n) is 4.22. The summed E-state index contributed by atoms with van der Waals surface area (Å²) in [6.45, 7) is 0. The molecule has 0 aliphatic rings. The minimum Gasteiger partial charge on any atom is -0.495 e. The maximum absolute atomic E-state index is 13.2. The monoisotopic (exact) mass is 430 g/mol. The number of fused-ring (bicyclic) bond motifs is 1. The molecule has 0 amide bonds. The number of halogens is 3. The summed E-state index contributed by atoms with van der Waals surface area (Å²) in [6.07, 6.45) is 0. The molecule has 1 heterocycles. The molecule has 0 unspecified atom stereocenters. The summed E-state index contributed by atoms with van der Waals surface area (Å²) in [5, 5.41) is 3.92. The number of benzene rings is 2. The number of hydrogen-bond acceptors (Lipinski definition) is 4. The Morgan fingerprint density at radius 1 is 1.19 bits per heavy atom. The van der Waals surface area contributed by atoms with Crippen LogP contribution in [0.4, 0.5) is 15.2 Å². The SMILES string of the molecule is COc1cc(Nc2nc3ccc(F)cc3s2)c(Br)cc1Br. The van der Waals surface area contributed by atoms with Gasteiger partial charge in [0.2, 0.25) is 0 Å². The van der Waals surface area contributed by atoms with Crippen molar-refractivity contribution in [2.75, 3.05) is 12.4 Å². The molecule has 0 fully saturated rings. The first-order chi connectivity index (χ1) is 10.1. The molecule has 108 valence electrons. The third-order valence-corrected chi connectivity index (χ3v) is 5.04. The van der Waals surface area contributed by atoms with E-state index in [1.165, 1.54) is 23.5 Å². The minimum absolute atomic E-state index is 0.260. The Hall–Kier alpha value is -1.18. The molecule has 3 nitrogen and oxygen atoms in total. The highest BCUT2D eigenvalue weighted by Crippen LogP contribution is 2.37. The zero-order valence-corrected chi connectivity index (χ0v) is 14.8. The average molecular weight is 432 g/mol. The molecule has 3 aromatic rings. The van der Waals surface area contributed by atoms with Crippen LogP contribution in [-0.2, 0) is 0 Å². The fraction of sp³-hybridized carbons (Fsp3) is 0.0714. The summed E-state index contributed by atoms with van der Waals surface area (Å²) < 4.78 is 21.0. The molecule has 3 rings (SSSR count). The van der Waals surface area contributed by atoms with Crippen LogP contribution in [0.25, 0.3) is 10.2 Å². The van der Waals surface area contributed by atoms with E-state index in [0.29, 0.717) is 10.9 Å². The maximum Gasteiger partial charge on any atom is 0.188 e. The van der Waals surface area contributed by atoms with E-state index in [-0.39, 0.29) is 5.82 Å². The van der Waals surface area contributed by atoms with Gasteiger partial charge in [-0.3, -0.25) is 0 Å². The van der Waals surface area contributed by atoms with Crippen LogP contribution >= 0.6 is 43.2 Å². The topological polar surface area (TPSA) is 34.1 Å². The lowest BCUT2D eigenvalue weighted by molar-refractivity contribution is 0.412. The van der Waals surface area contributed by atoms with Gasteiger partial charge in [-0.1, -0.05) is 11.3 Å². The van der Waals surface area contributed by atoms with Crippen molar-refractivity contribution in [2.45, 2.75) is 0 Å². The first kappa shape index (κ1) is 14.7. The normalized spacial score (nSPS) is 10.9. The lowest BCUT2D eigenvalue weighted by Gasteiger charge is -2.09. The number of rotatable bonds is 3. The van der Waals surface area contributed by atoms with E-state index in [2.05, 4.69) is 42.2 Å². The van der Waals surface area contributed by atoms with E-state index >= 15 is 0 Å². The summed E-state index contributed by atoms with van der Waals surface area (Å²) in [5.41, 5.74) is 1.60. The summed E-state index contributed by atoms with van der Waals surface area (Å²) in [5.74, 6) is 0.456. The molecular weight excluding hydrogens is 423 g/mol. The van der Waals surface area contributed by atoms with Crippen LogP contribution < -0.4 is 10.1 Å². The summed E-state index contributed by atoms with van der Waals surface area (Å²) >= 11 is 8.31. The van der Waals surface area contributed by atoms with Gasteiger partial charge in [-0.05, 0) is 56.1 Å². The molecule has 0 saturated carbocycles. The molecule has 7 heteroatoms. The minimum atomic E-state index is -0.260. The Labute approximate surface area is 141 Å². The molecule has 0 saturated heterocycles. The van der Waals surface area contributed by atoms with Gasteiger partial charge in [0.25, 0.3) is 0 Å². The van der Waals surface area contributed by atoms with E-state index in [9.17, 15) is 4.39 Å². The molecule has 0 atom stereocenters. The van der Waals surface area contributed by atoms with Crippen LogP contribution in [0.5, 0.6) is 5.75 Å². The Morgan fingerprint density at radius 3 is 2.76 bits per heavy atom. The van der Waals surface area contributed by atoms with Crippen molar-refractivity contribution >= 4 is 64.2 Å². The summed E-state index contributed by atoms with van der Waals surface area (Å²) in [7, 11) is 1.61. The van der Waals surface area contributed by atoms with Crippen molar-refractivity contribution in [1.29, 1.82) is 0 Å². The lowest BCUT2D eigenvalue weighted by atomic mass is 10.3. The van der Waals surface area contributed by atoms with Crippen LogP contribution in [0, 0.1) is 5.82 Å². The Morgan fingerprint density at radius 2 is 2.00 bits per heavy atom. The van der Waals surface area contributed by atoms with E-state index in [1.807, 2.05) is 12.1 Å². The van der Waals surface area contributed by atoms with Crippen molar-refractivity contribution in [3.63, 3.8) is 0 Å². The van der Waals surface area contributed by atoms with Gasteiger partial charge in [0.1, 0.15) is 11.6 Å². The molecule has 0 bridgehead atoms. The number of hydrogen-bond donors (Lipinski definition) is 1. The van der Waals surface area contributed by atoms with Crippen molar-refractivity contribution < 1.29 is 9.13 Å². The van der Waals surface area contributed by atoms with E-state index < -0.39 is 0 Å². The van der Waals surface area contributed by atoms with Gasteiger partial charge >= 0.3 is 0 Å².